The number of carbonyl (C=O) groups is 1. The van der Waals surface area contributed by atoms with Gasteiger partial charge in [-0.15, -0.1) is 0 Å². The molecule has 21 heavy (non-hydrogen) atoms. The van der Waals surface area contributed by atoms with E-state index in [9.17, 15) is 4.79 Å². The molecular formula is C16H26N4O. The van der Waals surface area contributed by atoms with E-state index in [4.69, 9.17) is 5.84 Å². The largest absolute Gasteiger partial charge is 0.339 e. The number of hydrogen-bond donors (Lipinski definition) is 2. The van der Waals surface area contributed by atoms with Crippen molar-refractivity contribution in [3.05, 3.63) is 29.3 Å². The Bertz CT molecular complexity index is 495. The second kappa shape index (κ2) is 6.91. The highest BCUT2D eigenvalue weighted by molar-refractivity contribution is 5.99. The SMILES string of the molecule is CCN1CCC(N(C)C(=O)c2ccc(C)cc2NN)CC1. The zero-order valence-corrected chi connectivity index (χ0v) is 13.2. The summed E-state index contributed by atoms with van der Waals surface area (Å²) in [5.41, 5.74) is 5.05. The molecule has 1 saturated heterocycles. The van der Waals surface area contributed by atoms with Crippen LogP contribution in [0.15, 0.2) is 18.2 Å². The fourth-order valence-electron chi connectivity index (χ4n) is 2.94. The quantitative estimate of drug-likeness (QED) is 0.656. The van der Waals surface area contributed by atoms with Crippen molar-refractivity contribution in [1.82, 2.24) is 9.80 Å². The predicted molar refractivity (Wildman–Crippen MR) is 86.2 cm³/mol. The Labute approximate surface area is 127 Å². The molecule has 0 radical (unpaired) electrons. The molecule has 1 aromatic carbocycles. The Morgan fingerprint density at radius 1 is 1.43 bits per heavy atom. The molecule has 2 rings (SSSR count). The average Bonchev–Trinajstić information content (AvgIpc) is 2.53. The van der Waals surface area contributed by atoms with E-state index in [0.717, 1.165) is 38.0 Å². The average molecular weight is 290 g/mol. The molecule has 0 aromatic heterocycles. The normalized spacial score (nSPS) is 16.8. The van der Waals surface area contributed by atoms with Crippen LogP contribution >= 0.6 is 0 Å². The van der Waals surface area contributed by atoms with Crippen LogP contribution in [0, 0.1) is 6.92 Å². The lowest BCUT2D eigenvalue weighted by atomic mass is 10.0. The number of amides is 1. The number of anilines is 1. The van der Waals surface area contributed by atoms with Crippen LogP contribution in [0.25, 0.3) is 0 Å². The van der Waals surface area contributed by atoms with Gasteiger partial charge < -0.3 is 15.2 Å². The van der Waals surface area contributed by atoms with Gasteiger partial charge in [0.1, 0.15) is 0 Å². The second-order valence-corrected chi connectivity index (χ2v) is 5.77. The molecule has 116 valence electrons. The first kappa shape index (κ1) is 15.8. The van der Waals surface area contributed by atoms with Crippen LogP contribution in [0.3, 0.4) is 0 Å². The molecule has 5 heteroatoms. The number of aryl methyl sites for hydroxylation is 1. The van der Waals surface area contributed by atoms with Gasteiger partial charge in [-0.1, -0.05) is 13.0 Å². The van der Waals surface area contributed by atoms with Crippen LogP contribution in [0.1, 0.15) is 35.7 Å². The molecule has 1 aliphatic heterocycles. The van der Waals surface area contributed by atoms with E-state index in [0.29, 0.717) is 17.3 Å². The van der Waals surface area contributed by atoms with E-state index >= 15 is 0 Å². The Morgan fingerprint density at radius 3 is 2.67 bits per heavy atom. The highest BCUT2D eigenvalue weighted by Gasteiger charge is 2.26. The third-order valence-corrected chi connectivity index (χ3v) is 4.43. The van der Waals surface area contributed by atoms with E-state index in [1.165, 1.54) is 0 Å². The van der Waals surface area contributed by atoms with Crippen LogP contribution < -0.4 is 11.3 Å². The van der Waals surface area contributed by atoms with E-state index in [1.54, 1.807) is 0 Å². The first-order valence-electron chi connectivity index (χ1n) is 7.63. The molecule has 1 fully saturated rings. The maximum atomic E-state index is 12.7. The lowest BCUT2D eigenvalue weighted by Crippen LogP contribution is -2.45. The number of nitrogen functional groups attached to an aromatic ring is 1. The molecule has 0 aliphatic carbocycles. The van der Waals surface area contributed by atoms with Gasteiger partial charge in [0, 0.05) is 26.2 Å². The summed E-state index contributed by atoms with van der Waals surface area (Å²) in [6, 6.07) is 6.01. The van der Waals surface area contributed by atoms with Crippen LogP contribution in [-0.2, 0) is 0 Å². The lowest BCUT2D eigenvalue weighted by molar-refractivity contribution is 0.0648. The van der Waals surface area contributed by atoms with Gasteiger partial charge in [-0.05, 0) is 44.0 Å². The van der Waals surface area contributed by atoms with Crippen molar-refractivity contribution in [2.24, 2.45) is 5.84 Å². The third kappa shape index (κ3) is 3.54. The highest BCUT2D eigenvalue weighted by Crippen LogP contribution is 2.22. The van der Waals surface area contributed by atoms with E-state index in [-0.39, 0.29) is 5.91 Å². The van der Waals surface area contributed by atoms with Crippen LogP contribution in [-0.4, -0.2) is 48.4 Å². The van der Waals surface area contributed by atoms with E-state index in [1.807, 2.05) is 37.1 Å². The summed E-state index contributed by atoms with van der Waals surface area (Å²) in [4.78, 5) is 17.0. The molecule has 0 bridgehead atoms. The number of hydrogen-bond acceptors (Lipinski definition) is 4. The minimum absolute atomic E-state index is 0.0397. The molecule has 0 spiro atoms. The Balaban J connectivity index is 2.09. The molecule has 5 nitrogen and oxygen atoms in total. The topological polar surface area (TPSA) is 61.6 Å². The van der Waals surface area contributed by atoms with Crippen molar-refractivity contribution in [2.45, 2.75) is 32.7 Å². The summed E-state index contributed by atoms with van der Waals surface area (Å²) < 4.78 is 0. The van der Waals surface area contributed by atoms with Crippen LogP contribution in [0.5, 0.6) is 0 Å². The number of likely N-dealkylation sites (tertiary alicyclic amines) is 1. The highest BCUT2D eigenvalue weighted by atomic mass is 16.2. The Kier molecular flexibility index (Phi) is 5.20. The maximum absolute atomic E-state index is 12.7. The van der Waals surface area contributed by atoms with Crippen molar-refractivity contribution in [3.63, 3.8) is 0 Å². The van der Waals surface area contributed by atoms with Gasteiger partial charge in [0.2, 0.25) is 0 Å². The van der Waals surface area contributed by atoms with Gasteiger partial charge >= 0.3 is 0 Å². The summed E-state index contributed by atoms with van der Waals surface area (Å²) in [5.74, 6) is 5.58. The number of nitrogens with one attached hydrogen (secondary N) is 1. The Hall–Kier alpha value is -1.59. The van der Waals surface area contributed by atoms with E-state index < -0.39 is 0 Å². The zero-order valence-electron chi connectivity index (χ0n) is 13.2. The summed E-state index contributed by atoms with van der Waals surface area (Å²) in [6.45, 7) is 7.38. The molecule has 1 aliphatic rings. The van der Waals surface area contributed by atoms with Gasteiger partial charge in [0.25, 0.3) is 5.91 Å². The number of nitrogens with zero attached hydrogens (tertiary/aromatic N) is 2. The standard InChI is InChI=1S/C16H26N4O/c1-4-20-9-7-13(8-10-20)19(3)16(21)14-6-5-12(2)11-15(14)18-17/h5-6,11,13,18H,4,7-10,17H2,1-3H3. The number of benzene rings is 1. The van der Waals surface area contributed by atoms with E-state index in [2.05, 4.69) is 17.2 Å². The monoisotopic (exact) mass is 290 g/mol. The van der Waals surface area contributed by atoms with Crippen molar-refractivity contribution in [3.8, 4) is 0 Å². The number of carbonyl (C=O) groups excluding carboxylic acids is 1. The van der Waals surface area contributed by atoms with Gasteiger partial charge in [-0.2, -0.15) is 0 Å². The minimum Gasteiger partial charge on any atom is -0.339 e. The summed E-state index contributed by atoms with van der Waals surface area (Å²) in [5, 5.41) is 0. The minimum atomic E-state index is 0.0397. The van der Waals surface area contributed by atoms with Crippen molar-refractivity contribution in [1.29, 1.82) is 0 Å². The third-order valence-electron chi connectivity index (χ3n) is 4.43. The fraction of sp³-hybridized carbons (Fsp3) is 0.562. The smallest absolute Gasteiger partial charge is 0.255 e. The number of rotatable bonds is 4. The van der Waals surface area contributed by atoms with Gasteiger partial charge in [-0.3, -0.25) is 10.6 Å². The zero-order chi connectivity index (χ0) is 15.4. The van der Waals surface area contributed by atoms with Crippen LogP contribution in [0.4, 0.5) is 5.69 Å². The molecule has 3 N–H and O–H groups in total. The molecule has 0 atom stereocenters. The molecule has 1 heterocycles. The van der Waals surface area contributed by atoms with Crippen LogP contribution in [0.2, 0.25) is 0 Å². The first-order valence-corrected chi connectivity index (χ1v) is 7.63. The van der Waals surface area contributed by atoms with Gasteiger partial charge in [0.15, 0.2) is 0 Å². The molecular weight excluding hydrogens is 264 g/mol. The summed E-state index contributed by atoms with van der Waals surface area (Å²) in [7, 11) is 1.90. The first-order chi connectivity index (χ1) is 10.1. The maximum Gasteiger partial charge on any atom is 0.255 e. The second-order valence-electron chi connectivity index (χ2n) is 5.77. The lowest BCUT2D eigenvalue weighted by Gasteiger charge is -2.36. The van der Waals surface area contributed by atoms with Gasteiger partial charge in [0.05, 0.1) is 11.3 Å². The van der Waals surface area contributed by atoms with Crippen molar-refractivity contribution in [2.75, 3.05) is 32.1 Å². The summed E-state index contributed by atoms with van der Waals surface area (Å²) >= 11 is 0. The number of nitrogens with two attached hydrogens (primary N) is 1. The van der Waals surface area contributed by atoms with Gasteiger partial charge in [-0.25, -0.2) is 0 Å². The number of piperidine rings is 1. The Morgan fingerprint density at radius 2 is 2.10 bits per heavy atom. The molecule has 0 unspecified atom stereocenters. The fourth-order valence-corrected chi connectivity index (χ4v) is 2.94. The predicted octanol–water partition coefficient (Wildman–Crippen LogP) is 1.84. The summed E-state index contributed by atoms with van der Waals surface area (Å²) in [6.07, 6.45) is 2.07. The number of hydrazine groups is 1. The van der Waals surface area contributed by atoms with Crippen molar-refractivity contribution >= 4 is 11.6 Å². The molecule has 0 saturated carbocycles. The van der Waals surface area contributed by atoms with Crippen molar-refractivity contribution < 1.29 is 4.79 Å². The molecule has 1 amide bonds. The molecule has 1 aromatic rings.